The molecular formula is C15H21N5O. The number of nitrogens with one attached hydrogen (secondary N) is 1. The number of aryl methyl sites for hydroxylation is 2. The van der Waals surface area contributed by atoms with Crippen LogP contribution in [0.25, 0.3) is 0 Å². The van der Waals surface area contributed by atoms with E-state index in [4.69, 9.17) is 4.52 Å². The van der Waals surface area contributed by atoms with E-state index in [1.807, 2.05) is 26.0 Å². The zero-order chi connectivity index (χ0) is 14.8. The van der Waals surface area contributed by atoms with Gasteiger partial charge in [-0.05, 0) is 32.6 Å². The van der Waals surface area contributed by atoms with Gasteiger partial charge in [0.25, 0.3) is 0 Å². The van der Waals surface area contributed by atoms with Crippen LogP contribution in [0.5, 0.6) is 0 Å². The lowest BCUT2D eigenvalue weighted by Gasteiger charge is -2.32. The summed E-state index contributed by atoms with van der Waals surface area (Å²) in [5, 5.41) is 7.11. The smallest absolute Gasteiger partial charge is 0.175 e. The minimum absolute atomic E-state index is 0.670. The van der Waals surface area contributed by atoms with Crippen molar-refractivity contribution in [1.29, 1.82) is 0 Å². The van der Waals surface area contributed by atoms with Crippen molar-refractivity contribution in [3.63, 3.8) is 0 Å². The van der Waals surface area contributed by atoms with Gasteiger partial charge in [0.15, 0.2) is 5.82 Å². The Morgan fingerprint density at radius 3 is 2.81 bits per heavy atom. The quantitative estimate of drug-likeness (QED) is 0.935. The van der Waals surface area contributed by atoms with Gasteiger partial charge in [-0.25, -0.2) is 9.97 Å². The Bertz CT molecular complexity index is 624. The second-order valence-corrected chi connectivity index (χ2v) is 5.80. The lowest BCUT2D eigenvalue weighted by molar-refractivity contribution is 0.400. The summed E-state index contributed by atoms with van der Waals surface area (Å²) in [4.78, 5) is 11.3. The normalized spacial score (nSPS) is 18.8. The van der Waals surface area contributed by atoms with E-state index in [2.05, 4.69) is 32.3 Å². The number of hydrogen-bond donors (Lipinski definition) is 1. The van der Waals surface area contributed by atoms with E-state index in [1.165, 1.54) is 12.8 Å². The van der Waals surface area contributed by atoms with Gasteiger partial charge >= 0.3 is 0 Å². The van der Waals surface area contributed by atoms with E-state index in [1.54, 1.807) is 0 Å². The molecule has 1 aliphatic rings. The monoisotopic (exact) mass is 287 g/mol. The van der Waals surface area contributed by atoms with Gasteiger partial charge in [-0.3, -0.25) is 0 Å². The summed E-state index contributed by atoms with van der Waals surface area (Å²) in [6, 6.07) is 3.83. The van der Waals surface area contributed by atoms with E-state index in [9.17, 15) is 0 Å². The highest BCUT2D eigenvalue weighted by Gasteiger charge is 2.18. The fourth-order valence-corrected chi connectivity index (χ4v) is 2.73. The molecule has 1 fully saturated rings. The molecule has 0 amide bonds. The molecule has 0 aliphatic carbocycles. The van der Waals surface area contributed by atoms with Gasteiger partial charge in [0, 0.05) is 25.2 Å². The van der Waals surface area contributed by atoms with Gasteiger partial charge in [0.05, 0.1) is 0 Å². The van der Waals surface area contributed by atoms with Crippen molar-refractivity contribution in [2.75, 3.05) is 23.3 Å². The first kappa shape index (κ1) is 13.9. The highest BCUT2D eigenvalue weighted by molar-refractivity contribution is 5.56. The van der Waals surface area contributed by atoms with E-state index in [0.717, 1.165) is 36.3 Å². The summed E-state index contributed by atoms with van der Waals surface area (Å²) in [6.07, 6.45) is 2.51. The second-order valence-electron chi connectivity index (χ2n) is 5.80. The van der Waals surface area contributed by atoms with Gasteiger partial charge in [-0.1, -0.05) is 12.1 Å². The van der Waals surface area contributed by atoms with Crippen molar-refractivity contribution in [2.24, 2.45) is 5.92 Å². The van der Waals surface area contributed by atoms with Gasteiger partial charge in [0.2, 0.25) is 0 Å². The van der Waals surface area contributed by atoms with Crippen LogP contribution < -0.4 is 10.2 Å². The van der Waals surface area contributed by atoms with E-state index < -0.39 is 0 Å². The fraction of sp³-hybridized carbons (Fsp3) is 0.533. The van der Waals surface area contributed by atoms with Gasteiger partial charge in [-0.15, -0.1) is 0 Å². The molecule has 6 heteroatoms. The Morgan fingerprint density at radius 1 is 1.24 bits per heavy atom. The molecule has 3 heterocycles. The maximum absolute atomic E-state index is 5.06. The Kier molecular flexibility index (Phi) is 3.77. The third-order valence-electron chi connectivity index (χ3n) is 3.69. The van der Waals surface area contributed by atoms with Gasteiger partial charge in [-0.2, -0.15) is 0 Å². The van der Waals surface area contributed by atoms with Crippen LogP contribution in [0, 0.1) is 19.8 Å². The van der Waals surface area contributed by atoms with Crippen LogP contribution in [-0.4, -0.2) is 28.2 Å². The summed E-state index contributed by atoms with van der Waals surface area (Å²) < 4.78 is 5.06. The predicted molar refractivity (Wildman–Crippen MR) is 81.9 cm³/mol. The maximum atomic E-state index is 5.06. The molecule has 0 aromatic carbocycles. The first-order valence-corrected chi connectivity index (χ1v) is 7.41. The van der Waals surface area contributed by atoms with Crippen molar-refractivity contribution < 1.29 is 4.52 Å². The zero-order valence-corrected chi connectivity index (χ0v) is 12.8. The van der Waals surface area contributed by atoms with Crippen molar-refractivity contribution in [3.8, 4) is 0 Å². The number of rotatable bonds is 3. The summed E-state index contributed by atoms with van der Waals surface area (Å²) >= 11 is 0. The molecule has 0 saturated carbocycles. The molecule has 21 heavy (non-hydrogen) atoms. The first-order chi connectivity index (χ1) is 10.1. The Balaban J connectivity index is 1.82. The van der Waals surface area contributed by atoms with Crippen LogP contribution in [0.4, 0.5) is 17.5 Å². The average molecular weight is 287 g/mol. The van der Waals surface area contributed by atoms with E-state index in [0.29, 0.717) is 11.7 Å². The zero-order valence-electron chi connectivity index (χ0n) is 12.8. The van der Waals surface area contributed by atoms with Crippen LogP contribution >= 0.6 is 0 Å². The SMILES string of the molecule is Cc1nc(Nc2cc(C)on2)cc(N2CCCC(C)C2)n1. The Hall–Kier alpha value is -2.11. The van der Waals surface area contributed by atoms with Crippen LogP contribution in [0.1, 0.15) is 31.4 Å². The summed E-state index contributed by atoms with van der Waals surface area (Å²) in [5.41, 5.74) is 0. The highest BCUT2D eigenvalue weighted by atomic mass is 16.5. The van der Waals surface area contributed by atoms with Crippen LogP contribution in [0.3, 0.4) is 0 Å². The molecule has 6 nitrogen and oxygen atoms in total. The van der Waals surface area contributed by atoms with E-state index >= 15 is 0 Å². The first-order valence-electron chi connectivity index (χ1n) is 7.41. The molecule has 112 valence electrons. The summed E-state index contributed by atoms with van der Waals surface area (Å²) in [5.74, 6) is 4.65. The molecule has 1 atom stereocenters. The van der Waals surface area contributed by atoms with Crippen LogP contribution in [0.2, 0.25) is 0 Å². The van der Waals surface area contributed by atoms with Crippen molar-refractivity contribution in [3.05, 3.63) is 23.7 Å². The summed E-state index contributed by atoms with van der Waals surface area (Å²) in [6.45, 7) is 8.18. The molecule has 0 spiro atoms. The molecule has 1 saturated heterocycles. The molecular weight excluding hydrogens is 266 g/mol. The minimum Gasteiger partial charge on any atom is -0.360 e. The number of anilines is 3. The highest BCUT2D eigenvalue weighted by Crippen LogP contribution is 2.24. The predicted octanol–water partition coefficient (Wildman–Crippen LogP) is 3.06. The van der Waals surface area contributed by atoms with Crippen molar-refractivity contribution in [2.45, 2.75) is 33.6 Å². The standard InChI is InChI=1S/C15H21N5O/c1-10-5-4-6-20(9-10)15-8-13(16-12(3)17-15)18-14-7-11(2)21-19-14/h7-8,10H,4-6,9H2,1-3H3,(H,16,17,18,19). The minimum atomic E-state index is 0.670. The topological polar surface area (TPSA) is 67.1 Å². The maximum Gasteiger partial charge on any atom is 0.175 e. The molecule has 2 aromatic rings. The molecule has 2 aromatic heterocycles. The van der Waals surface area contributed by atoms with E-state index in [-0.39, 0.29) is 0 Å². The third-order valence-corrected chi connectivity index (χ3v) is 3.69. The molecule has 3 rings (SSSR count). The second kappa shape index (κ2) is 5.71. The number of aromatic nitrogens is 3. The molecule has 1 aliphatic heterocycles. The summed E-state index contributed by atoms with van der Waals surface area (Å²) in [7, 11) is 0. The van der Waals surface area contributed by atoms with Crippen molar-refractivity contribution >= 4 is 17.5 Å². The lowest BCUT2D eigenvalue weighted by atomic mass is 10.0. The Labute approximate surface area is 124 Å². The molecule has 0 radical (unpaired) electrons. The number of hydrogen-bond acceptors (Lipinski definition) is 6. The largest absolute Gasteiger partial charge is 0.360 e. The fourth-order valence-electron chi connectivity index (χ4n) is 2.73. The molecule has 1 N–H and O–H groups in total. The van der Waals surface area contributed by atoms with Gasteiger partial charge in [0.1, 0.15) is 23.2 Å². The Morgan fingerprint density at radius 2 is 2.10 bits per heavy atom. The third kappa shape index (κ3) is 3.32. The van der Waals surface area contributed by atoms with Gasteiger partial charge < -0.3 is 14.7 Å². The average Bonchev–Trinajstić information content (AvgIpc) is 2.83. The molecule has 1 unspecified atom stereocenters. The van der Waals surface area contributed by atoms with Crippen LogP contribution in [0.15, 0.2) is 16.7 Å². The number of nitrogens with zero attached hydrogens (tertiary/aromatic N) is 4. The van der Waals surface area contributed by atoms with Crippen LogP contribution in [-0.2, 0) is 0 Å². The lowest BCUT2D eigenvalue weighted by Crippen LogP contribution is -2.35. The number of piperidine rings is 1. The van der Waals surface area contributed by atoms with Crippen molar-refractivity contribution in [1.82, 2.24) is 15.1 Å². The molecule has 0 bridgehead atoms.